The van der Waals surface area contributed by atoms with E-state index in [1.54, 1.807) is 0 Å². The van der Waals surface area contributed by atoms with E-state index in [9.17, 15) is 9.59 Å². The van der Waals surface area contributed by atoms with Gasteiger partial charge in [0.15, 0.2) is 0 Å². The fourth-order valence-electron chi connectivity index (χ4n) is 3.88. The van der Waals surface area contributed by atoms with Gasteiger partial charge >= 0.3 is 0 Å². The van der Waals surface area contributed by atoms with Gasteiger partial charge < -0.3 is 15.1 Å². The highest BCUT2D eigenvalue weighted by atomic mass is 16.2. The lowest BCUT2D eigenvalue weighted by Crippen LogP contribution is -2.42. The van der Waals surface area contributed by atoms with Crippen LogP contribution in [0.15, 0.2) is 30.3 Å². The van der Waals surface area contributed by atoms with Crippen molar-refractivity contribution in [3.63, 3.8) is 0 Å². The third-order valence-corrected chi connectivity index (χ3v) is 5.63. The topological polar surface area (TPSA) is 52.7 Å². The molecule has 1 saturated carbocycles. The Kier molecular flexibility index (Phi) is 8.97. The lowest BCUT2D eigenvalue weighted by atomic mass is 9.80. The second kappa shape index (κ2) is 11.2. The number of benzene rings is 1. The molecule has 5 heteroatoms. The standard InChI is InChI=1S/C23H37N3O2/c1-18(2)26(17-19-9-6-5-7-10-19)23(28)21-13-11-20(12-14-21)22(27)24-15-8-16-25(3)4/h5-7,9-10,18,20-21H,8,11-17H2,1-4H3,(H,24,27). The molecule has 1 aromatic rings. The Labute approximate surface area is 170 Å². The zero-order valence-corrected chi connectivity index (χ0v) is 18.0. The molecule has 1 N–H and O–H groups in total. The van der Waals surface area contributed by atoms with Crippen LogP contribution >= 0.6 is 0 Å². The third-order valence-electron chi connectivity index (χ3n) is 5.63. The van der Waals surface area contributed by atoms with Gasteiger partial charge in [-0.05, 0) is 72.2 Å². The van der Waals surface area contributed by atoms with Crippen molar-refractivity contribution in [2.45, 2.75) is 58.5 Å². The fourth-order valence-corrected chi connectivity index (χ4v) is 3.88. The molecule has 1 aliphatic carbocycles. The van der Waals surface area contributed by atoms with Gasteiger partial charge in [-0.25, -0.2) is 0 Å². The van der Waals surface area contributed by atoms with Crippen molar-refractivity contribution in [2.24, 2.45) is 11.8 Å². The van der Waals surface area contributed by atoms with E-state index in [2.05, 4.69) is 36.2 Å². The molecule has 1 aliphatic rings. The third kappa shape index (κ3) is 6.93. The van der Waals surface area contributed by atoms with Crippen LogP contribution in [-0.2, 0) is 16.1 Å². The summed E-state index contributed by atoms with van der Waals surface area (Å²) in [5, 5.41) is 3.06. The summed E-state index contributed by atoms with van der Waals surface area (Å²) in [5.41, 5.74) is 1.16. The molecule has 1 aromatic carbocycles. The first-order valence-corrected chi connectivity index (χ1v) is 10.6. The summed E-state index contributed by atoms with van der Waals surface area (Å²) in [6.45, 7) is 6.52. The molecule has 0 aliphatic heterocycles. The Morgan fingerprint density at radius 1 is 1.04 bits per heavy atom. The highest BCUT2D eigenvalue weighted by Crippen LogP contribution is 2.31. The Balaban J connectivity index is 1.81. The first-order valence-electron chi connectivity index (χ1n) is 10.6. The summed E-state index contributed by atoms with van der Waals surface area (Å²) in [6.07, 6.45) is 4.22. The average Bonchev–Trinajstić information content (AvgIpc) is 2.69. The van der Waals surface area contributed by atoms with E-state index in [1.807, 2.05) is 37.2 Å². The molecular weight excluding hydrogens is 350 g/mol. The maximum absolute atomic E-state index is 13.1. The monoisotopic (exact) mass is 387 g/mol. The van der Waals surface area contributed by atoms with Gasteiger partial charge in [0.2, 0.25) is 11.8 Å². The number of hydrogen-bond acceptors (Lipinski definition) is 3. The SMILES string of the molecule is CC(C)N(Cc1ccccc1)C(=O)C1CCC(C(=O)NCCCN(C)C)CC1. The molecule has 156 valence electrons. The molecule has 1 fully saturated rings. The van der Waals surface area contributed by atoms with E-state index >= 15 is 0 Å². The highest BCUT2D eigenvalue weighted by Gasteiger charge is 2.32. The van der Waals surface area contributed by atoms with Gasteiger partial charge in [0.05, 0.1) is 0 Å². The average molecular weight is 388 g/mol. The zero-order valence-electron chi connectivity index (χ0n) is 18.0. The van der Waals surface area contributed by atoms with Crippen LogP contribution < -0.4 is 5.32 Å². The summed E-state index contributed by atoms with van der Waals surface area (Å²) in [5.74, 6) is 0.507. The Morgan fingerprint density at radius 3 is 2.21 bits per heavy atom. The molecule has 0 aromatic heterocycles. The smallest absolute Gasteiger partial charge is 0.226 e. The quantitative estimate of drug-likeness (QED) is 0.662. The van der Waals surface area contributed by atoms with Crippen molar-refractivity contribution in [1.29, 1.82) is 0 Å². The number of nitrogens with zero attached hydrogens (tertiary/aromatic N) is 2. The zero-order chi connectivity index (χ0) is 20.5. The largest absolute Gasteiger partial charge is 0.356 e. The van der Waals surface area contributed by atoms with Crippen molar-refractivity contribution in [3.05, 3.63) is 35.9 Å². The molecule has 0 saturated heterocycles. The van der Waals surface area contributed by atoms with Crippen LogP contribution in [0.3, 0.4) is 0 Å². The van der Waals surface area contributed by atoms with Crippen molar-refractivity contribution in [3.8, 4) is 0 Å². The number of rotatable bonds is 9. The summed E-state index contributed by atoms with van der Waals surface area (Å²) in [4.78, 5) is 29.6. The minimum absolute atomic E-state index is 0.0453. The molecule has 5 nitrogen and oxygen atoms in total. The van der Waals surface area contributed by atoms with E-state index in [-0.39, 0.29) is 29.7 Å². The van der Waals surface area contributed by atoms with Crippen LogP contribution in [0, 0.1) is 11.8 Å². The normalized spacial score (nSPS) is 19.6. The minimum atomic E-state index is 0.0453. The molecule has 0 radical (unpaired) electrons. The van der Waals surface area contributed by atoms with Gasteiger partial charge in [-0.1, -0.05) is 30.3 Å². The number of carbonyl (C=O) groups excluding carboxylic acids is 2. The lowest BCUT2D eigenvalue weighted by Gasteiger charge is -2.34. The van der Waals surface area contributed by atoms with E-state index in [4.69, 9.17) is 0 Å². The molecule has 0 bridgehead atoms. The number of nitrogens with one attached hydrogen (secondary N) is 1. The summed E-state index contributed by atoms with van der Waals surface area (Å²) >= 11 is 0. The fraction of sp³-hybridized carbons (Fsp3) is 0.652. The maximum Gasteiger partial charge on any atom is 0.226 e. The van der Waals surface area contributed by atoms with Gasteiger partial charge in [0.25, 0.3) is 0 Å². The molecule has 2 amide bonds. The van der Waals surface area contributed by atoms with Crippen molar-refractivity contribution >= 4 is 11.8 Å². The van der Waals surface area contributed by atoms with Crippen LogP contribution in [0.5, 0.6) is 0 Å². The van der Waals surface area contributed by atoms with Crippen molar-refractivity contribution in [1.82, 2.24) is 15.1 Å². The Hall–Kier alpha value is -1.88. The summed E-state index contributed by atoms with van der Waals surface area (Å²) in [7, 11) is 4.08. The van der Waals surface area contributed by atoms with E-state index in [0.29, 0.717) is 6.54 Å². The predicted molar refractivity (Wildman–Crippen MR) is 114 cm³/mol. The highest BCUT2D eigenvalue weighted by molar-refractivity contribution is 5.81. The molecule has 0 unspecified atom stereocenters. The second-order valence-corrected chi connectivity index (χ2v) is 8.54. The molecule has 0 spiro atoms. The molecule has 28 heavy (non-hydrogen) atoms. The molecule has 0 heterocycles. The van der Waals surface area contributed by atoms with Crippen LogP contribution in [0.4, 0.5) is 0 Å². The Morgan fingerprint density at radius 2 is 1.64 bits per heavy atom. The van der Waals surface area contributed by atoms with Gasteiger partial charge in [0.1, 0.15) is 0 Å². The van der Waals surface area contributed by atoms with Crippen molar-refractivity contribution in [2.75, 3.05) is 27.2 Å². The van der Waals surface area contributed by atoms with Crippen LogP contribution in [0.25, 0.3) is 0 Å². The van der Waals surface area contributed by atoms with E-state index in [0.717, 1.165) is 50.8 Å². The van der Waals surface area contributed by atoms with Gasteiger partial charge in [0, 0.05) is 31.0 Å². The number of hydrogen-bond donors (Lipinski definition) is 1. The molecular formula is C23H37N3O2. The Bertz CT molecular complexity index is 608. The predicted octanol–water partition coefficient (Wildman–Crippen LogP) is 3.30. The molecule has 2 rings (SSSR count). The van der Waals surface area contributed by atoms with E-state index < -0.39 is 0 Å². The minimum Gasteiger partial charge on any atom is -0.356 e. The van der Waals surface area contributed by atoms with Gasteiger partial charge in [-0.2, -0.15) is 0 Å². The summed E-state index contributed by atoms with van der Waals surface area (Å²) in [6, 6.07) is 10.3. The van der Waals surface area contributed by atoms with Crippen LogP contribution in [-0.4, -0.2) is 54.8 Å². The first kappa shape index (κ1) is 22.4. The number of amides is 2. The van der Waals surface area contributed by atoms with Crippen LogP contribution in [0.2, 0.25) is 0 Å². The summed E-state index contributed by atoms with van der Waals surface area (Å²) < 4.78 is 0. The number of carbonyl (C=O) groups is 2. The van der Waals surface area contributed by atoms with E-state index in [1.165, 1.54) is 0 Å². The second-order valence-electron chi connectivity index (χ2n) is 8.54. The molecule has 0 atom stereocenters. The maximum atomic E-state index is 13.1. The first-order chi connectivity index (χ1) is 13.4. The lowest BCUT2D eigenvalue weighted by molar-refractivity contribution is -0.140. The van der Waals surface area contributed by atoms with Gasteiger partial charge in [-0.15, -0.1) is 0 Å². The van der Waals surface area contributed by atoms with Crippen LogP contribution in [0.1, 0.15) is 51.5 Å². The van der Waals surface area contributed by atoms with Gasteiger partial charge in [-0.3, -0.25) is 9.59 Å². The van der Waals surface area contributed by atoms with Crippen molar-refractivity contribution < 1.29 is 9.59 Å².